The Kier molecular flexibility index (Phi) is 6.89. The average Bonchev–Trinajstić information content (AvgIpc) is 2.27. The second kappa shape index (κ2) is 7.04. The molecule has 15 heavy (non-hydrogen) atoms. The summed E-state index contributed by atoms with van der Waals surface area (Å²) >= 11 is 0. The Morgan fingerprint density at radius 1 is 1.53 bits per heavy atom. The van der Waals surface area contributed by atoms with Crippen LogP contribution in [-0.4, -0.2) is 43.7 Å². The second-order valence-corrected chi connectivity index (χ2v) is 3.88. The number of ether oxygens (including phenoxy) is 1. The molecule has 2 N–H and O–H groups in total. The van der Waals surface area contributed by atoms with Crippen molar-refractivity contribution in [2.24, 2.45) is 11.7 Å². The maximum absolute atomic E-state index is 11.7. The van der Waals surface area contributed by atoms with Crippen LogP contribution in [0.3, 0.4) is 0 Å². The van der Waals surface area contributed by atoms with Gasteiger partial charge in [-0.2, -0.15) is 0 Å². The van der Waals surface area contributed by atoms with Gasteiger partial charge in [0.2, 0.25) is 0 Å². The van der Waals surface area contributed by atoms with Gasteiger partial charge in [0.1, 0.15) is 6.10 Å². The van der Waals surface area contributed by atoms with Crippen molar-refractivity contribution in [3.05, 3.63) is 0 Å². The Morgan fingerprint density at radius 2 is 2.07 bits per heavy atom. The summed E-state index contributed by atoms with van der Waals surface area (Å²) in [4.78, 5) is 13.6. The Labute approximate surface area is 97.5 Å². The summed E-state index contributed by atoms with van der Waals surface area (Å²) < 4.78 is 5.00. The van der Waals surface area contributed by atoms with Crippen LogP contribution in [0.15, 0.2) is 0 Å². The quantitative estimate of drug-likeness (QED) is 0.783. The summed E-state index contributed by atoms with van der Waals surface area (Å²) in [5.74, 6) is 0.694. The van der Waals surface area contributed by atoms with Gasteiger partial charge in [-0.1, -0.05) is 0 Å². The molecule has 1 unspecified atom stereocenters. The fourth-order valence-corrected chi connectivity index (χ4v) is 1.75. The first kappa shape index (κ1) is 14.7. The molecule has 0 aromatic heterocycles. The topological polar surface area (TPSA) is 55.6 Å². The van der Waals surface area contributed by atoms with Gasteiger partial charge in [-0.25, -0.2) is 0 Å². The first-order chi connectivity index (χ1) is 6.69. The number of hydrogen-bond acceptors (Lipinski definition) is 3. The zero-order chi connectivity index (χ0) is 10.6. The molecule has 1 atom stereocenters. The van der Waals surface area contributed by atoms with Crippen molar-refractivity contribution < 1.29 is 9.53 Å². The van der Waals surface area contributed by atoms with Crippen LogP contribution in [0, 0.1) is 5.92 Å². The van der Waals surface area contributed by atoms with Crippen LogP contribution in [0.2, 0.25) is 0 Å². The SMILES string of the molecule is COC(C)C(=O)N1CCC(CN)CC1.Cl. The van der Waals surface area contributed by atoms with Crippen molar-refractivity contribution in [2.75, 3.05) is 26.7 Å². The van der Waals surface area contributed by atoms with Crippen LogP contribution in [0.5, 0.6) is 0 Å². The molecule has 0 aromatic carbocycles. The predicted octanol–water partition coefficient (Wildman–Crippen LogP) is 0.640. The van der Waals surface area contributed by atoms with Gasteiger partial charge in [0, 0.05) is 20.2 Å². The molecule has 0 radical (unpaired) electrons. The van der Waals surface area contributed by atoms with E-state index in [9.17, 15) is 4.79 Å². The van der Waals surface area contributed by atoms with Crippen LogP contribution in [0.4, 0.5) is 0 Å². The number of hydrogen-bond donors (Lipinski definition) is 1. The average molecular weight is 237 g/mol. The third-order valence-electron chi connectivity index (χ3n) is 2.96. The molecule has 1 aliphatic heterocycles. The number of nitrogens with zero attached hydrogens (tertiary/aromatic N) is 1. The van der Waals surface area contributed by atoms with E-state index >= 15 is 0 Å². The standard InChI is InChI=1S/C10H20N2O2.ClH/c1-8(14-2)10(13)12-5-3-9(7-11)4-6-12;/h8-9H,3-7,11H2,1-2H3;1H. The summed E-state index contributed by atoms with van der Waals surface area (Å²) in [6.45, 7) is 4.18. The molecule has 0 spiro atoms. The summed E-state index contributed by atoms with van der Waals surface area (Å²) in [6.07, 6.45) is 1.74. The van der Waals surface area contributed by atoms with Gasteiger partial charge in [0.15, 0.2) is 0 Å². The highest BCUT2D eigenvalue weighted by atomic mass is 35.5. The van der Waals surface area contributed by atoms with Crippen LogP contribution < -0.4 is 5.73 Å². The summed E-state index contributed by atoms with van der Waals surface area (Å²) in [5, 5.41) is 0. The Bertz CT molecular complexity index is 194. The van der Waals surface area contributed by atoms with E-state index in [2.05, 4.69) is 0 Å². The number of rotatable bonds is 3. The van der Waals surface area contributed by atoms with E-state index in [-0.39, 0.29) is 24.4 Å². The third-order valence-corrected chi connectivity index (χ3v) is 2.96. The van der Waals surface area contributed by atoms with E-state index in [1.54, 1.807) is 14.0 Å². The smallest absolute Gasteiger partial charge is 0.251 e. The van der Waals surface area contributed by atoms with E-state index in [4.69, 9.17) is 10.5 Å². The van der Waals surface area contributed by atoms with E-state index in [1.807, 2.05) is 4.90 Å². The first-order valence-electron chi connectivity index (χ1n) is 5.20. The Hall–Kier alpha value is -0.320. The molecule has 90 valence electrons. The van der Waals surface area contributed by atoms with Crippen molar-refractivity contribution in [3.63, 3.8) is 0 Å². The van der Waals surface area contributed by atoms with E-state index < -0.39 is 0 Å². The molecule has 0 aromatic rings. The minimum absolute atomic E-state index is 0. The van der Waals surface area contributed by atoms with Gasteiger partial charge in [0.25, 0.3) is 5.91 Å². The van der Waals surface area contributed by atoms with Crippen LogP contribution in [0.1, 0.15) is 19.8 Å². The molecule has 1 amide bonds. The number of piperidine rings is 1. The number of methoxy groups -OCH3 is 1. The molecule has 1 fully saturated rings. The molecule has 5 heteroatoms. The molecule has 0 saturated carbocycles. The van der Waals surface area contributed by atoms with Gasteiger partial charge in [-0.15, -0.1) is 12.4 Å². The van der Waals surface area contributed by atoms with Crippen molar-refractivity contribution in [3.8, 4) is 0 Å². The number of likely N-dealkylation sites (tertiary alicyclic amines) is 1. The van der Waals surface area contributed by atoms with E-state index in [0.717, 1.165) is 32.5 Å². The lowest BCUT2D eigenvalue weighted by molar-refractivity contribution is -0.142. The van der Waals surface area contributed by atoms with Gasteiger partial charge >= 0.3 is 0 Å². The second-order valence-electron chi connectivity index (χ2n) is 3.88. The number of carbonyl (C=O) groups is 1. The predicted molar refractivity (Wildman–Crippen MR) is 62.1 cm³/mol. The van der Waals surface area contributed by atoms with Crippen molar-refractivity contribution >= 4 is 18.3 Å². The zero-order valence-electron chi connectivity index (χ0n) is 9.44. The Morgan fingerprint density at radius 3 is 2.47 bits per heavy atom. The first-order valence-corrected chi connectivity index (χ1v) is 5.20. The molecule has 1 heterocycles. The zero-order valence-corrected chi connectivity index (χ0v) is 10.3. The lowest BCUT2D eigenvalue weighted by atomic mass is 9.97. The molecule has 4 nitrogen and oxygen atoms in total. The third kappa shape index (κ3) is 3.97. The highest BCUT2D eigenvalue weighted by Gasteiger charge is 2.24. The largest absolute Gasteiger partial charge is 0.372 e. The number of halogens is 1. The van der Waals surface area contributed by atoms with Crippen LogP contribution in [-0.2, 0) is 9.53 Å². The van der Waals surface area contributed by atoms with Gasteiger partial charge in [0.05, 0.1) is 0 Å². The molecule has 0 aliphatic carbocycles. The Balaban J connectivity index is 0.00000196. The molecular formula is C10H21ClN2O2. The molecule has 0 bridgehead atoms. The summed E-state index contributed by atoms with van der Waals surface area (Å²) in [5.41, 5.74) is 5.58. The summed E-state index contributed by atoms with van der Waals surface area (Å²) in [7, 11) is 1.56. The van der Waals surface area contributed by atoms with Crippen molar-refractivity contribution in [1.82, 2.24) is 4.90 Å². The van der Waals surface area contributed by atoms with Crippen LogP contribution in [0.25, 0.3) is 0 Å². The van der Waals surface area contributed by atoms with Crippen molar-refractivity contribution in [2.45, 2.75) is 25.9 Å². The molecule has 1 rings (SSSR count). The minimum Gasteiger partial charge on any atom is -0.372 e. The van der Waals surface area contributed by atoms with E-state index in [1.165, 1.54) is 0 Å². The maximum atomic E-state index is 11.7. The highest BCUT2D eigenvalue weighted by molar-refractivity contribution is 5.85. The number of amides is 1. The highest BCUT2D eigenvalue weighted by Crippen LogP contribution is 2.16. The molecule has 1 aliphatic rings. The van der Waals surface area contributed by atoms with E-state index in [0.29, 0.717) is 5.92 Å². The minimum atomic E-state index is -0.315. The fourth-order valence-electron chi connectivity index (χ4n) is 1.75. The fraction of sp³-hybridized carbons (Fsp3) is 0.900. The summed E-state index contributed by atoms with van der Waals surface area (Å²) in [6, 6.07) is 0. The monoisotopic (exact) mass is 236 g/mol. The normalized spacial score (nSPS) is 19.5. The number of carbonyl (C=O) groups excluding carboxylic acids is 1. The van der Waals surface area contributed by atoms with Crippen LogP contribution >= 0.6 is 12.4 Å². The van der Waals surface area contributed by atoms with Gasteiger partial charge < -0.3 is 15.4 Å². The van der Waals surface area contributed by atoms with Crippen molar-refractivity contribution in [1.29, 1.82) is 0 Å². The number of nitrogens with two attached hydrogens (primary N) is 1. The van der Waals surface area contributed by atoms with Gasteiger partial charge in [-0.05, 0) is 32.2 Å². The lowest BCUT2D eigenvalue weighted by Crippen LogP contribution is -2.44. The lowest BCUT2D eigenvalue weighted by Gasteiger charge is -2.32. The molecular weight excluding hydrogens is 216 g/mol. The molecule has 1 saturated heterocycles. The van der Waals surface area contributed by atoms with Gasteiger partial charge in [-0.3, -0.25) is 4.79 Å². The maximum Gasteiger partial charge on any atom is 0.251 e.